The first kappa shape index (κ1) is 18.1. The Labute approximate surface area is 155 Å². The second-order valence-electron chi connectivity index (χ2n) is 5.74. The Bertz CT molecular complexity index is 962. The second-order valence-corrected chi connectivity index (χ2v) is 5.74. The molecular formula is C20H17FN4O2. The summed E-state index contributed by atoms with van der Waals surface area (Å²) in [5, 5.41) is 6.32. The number of nitrogens with one attached hydrogen (secondary N) is 2. The van der Waals surface area contributed by atoms with E-state index in [2.05, 4.69) is 15.8 Å². The Morgan fingerprint density at radius 1 is 0.926 bits per heavy atom. The van der Waals surface area contributed by atoms with Gasteiger partial charge in [0.2, 0.25) is 0 Å². The lowest BCUT2D eigenvalue weighted by molar-refractivity contribution is -0.136. The molecular weight excluding hydrogens is 347 g/mol. The van der Waals surface area contributed by atoms with Gasteiger partial charge in [0.25, 0.3) is 0 Å². The molecule has 6 nitrogen and oxygen atoms in total. The van der Waals surface area contributed by atoms with Gasteiger partial charge in [-0.05, 0) is 61.0 Å². The fourth-order valence-electron chi connectivity index (χ4n) is 2.35. The van der Waals surface area contributed by atoms with Crippen LogP contribution in [0.15, 0.2) is 78.2 Å². The van der Waals surface area contributed by atoms with Crippen molar-refractivity contribution in [2.24, 2.45) is 5.10 Å². The van der Waals surface area contributed by atoms with Gasteiger partial charge >= 0.3 is 11.8 Å². The van der Waals surface area contributed by atoms with Crippen molar-refractivity contribution in [2.75, 3.05) is 5.32 Å². The standard InChI is InChI=1S/C20H17FN4O2/c1-14(15-4-10-18(11-5-15)25-12-2-3-13-25)23-24-20(27)19(26)22-17-8-6-16(21)7-9-17/h2-13H,1H3,(H,22,26)(H,24,27). The molecule has 1 aromatic heterocycles. The third kappa shape index (κ3) is 4.66. The van der Waals surface area contributed by atoms with Gasteiger partial charge in [-0.25, -0.2) is 9.82 Å². The topological polar surface area (TPSA) is 75.5 Å². The molecule has 3 rings (SSSR count). The molecule has 0 radical (unpaired) electrons. The largest absolute Gasteiger partial charge is 0.329 e. The third-order valence-electron chi connectivity index (χ3n) is 3.82. The van der Waals surface area contributed by atoms with E-state index < -0.39 is 17.6 Å². The molecule has 0 atom stereocenters. The molecule has 0 aliphatic carbocycles. The minimum absolute atomic E-state index is 0.317. The van der Waals surface area contributed by atoms with Crippen molar-refractivity contribution in [3.8, 4) is 5.69 Å². The highest BCUT2D eigenvalue weighted by molar-refractivity contribution is 6.39. The zero-order chi connectivity index (χ0) is 19.2. The maximum absolute atomic E-state index is 12.8. The summed E-state index contributed by atoms with van der Waals surface area (Å²) >= 11 is 0. The molecule has 2 N–H and O–H groups in total. The summed E-state index contributed by atoms with van der Waals surface area (Å²) in [7, 11) is 0. The predicted molar refractivity (Wildman–Crippen MR) is 101 cm³/mol. The summed E-state index contributed by atoms with van der Waals surface area (Å²) in [6, 6.07) is 16.6. The van der Waals surface area contributed by atoms with Crippen LogP contribution in [0.25, 0.3) is 5.69 Å². The van der Waals surface area contributed by atoms with E-state index in [0.29, 0.717) is 11.4 Å². The van der Waals surface area contributed by atoms with Crippen LogP contribution in [0.2, 0.25) is 0 Å². The molecule has 136 valence electrons. The van der Waals surface area contributed by atoms with Crippen molar-refractivity contribution in [1.29, 1.82) is 0 Å². The van der Waals surface area contributed by atoms with Gasteiger partial charge in [0.15, 0.2) is 0 Å². The first-order valence-electron chi connectivity index (χ1n) is 8.18. The Morgan fingerprint density at radius 3 is 2.19 bits per heavy atom. The van der Waals surface area contributed by atoms with Gasteiger partial charge in [-0.1, -0.05) is 12.1 Å². The molecule has 7 heteroatoms. The molecule has 0 bridgehead atoms. The summed E-state index contributed by atoms with van der Waals surface area (Å²) in [6.07, 6.45) is 3.88. The summed E-state index contributed by atoms with van der Waals surface area (Å²) in [6.45, 7) is 1.73. The summed E-state index contributed by atoms with van der Waals surface area (Å²) in [5.74, 6) is -2.23. The number of benzene rings is 2. The van der Waals surface area contributed by atoms with Gasteiger partial charge in [0.05, 0.1) is 5.71 Å². The van der Waals surface area contributed by atoms with Crippen molar-refractivity contribution in [2.45, 2.75) is 6.92 Å². The Morgan fingerprint density at radius 2 is 1.56 bits per heavy atom. The molecule has 0 fully saturated rings. The van der Waals surface area contributed by atoms with E-state index in [9.17, 15) is 14.0 Å². The average Bonchev–Trinajstić information content (AvgIpc) is 3.22. The van der Waals surface area contributed by atoms with Crippen LogP contribution in [0.4, 0.5) is 10.1 Å². The number of anilines is 1. The molecule has 0 aliphatic rings. The zero-order valence-corrected chi connectivity index (χ0v) is 14.5. The van der Waals surface area contributed by atoms with E-state index in [-0.39, 0.29) is 0 Å². The number of amides is 2. The smallest absolute Gasteiger partial charge is 0.324 e. The number of hydrogen-bond donors (Lipinski definition) is 2. The molecule has 2 amide bonds. The van der Waals surface area contributed by atoms with Crippen molar-refractivity contribution < 1.29 is 14.0 Å². The van der Waals surface area contributed by atoms with Gasteiger partial charge in [0.1, 0.15) is 5.82 Å². The quantitative estimate of drug-likeness (QED) is 0.424. The molecule has 0 unspecified atom stereocenters. The highest BCUT2D eigenvalue weighted by Crippen LogP contribution is 2.11. The van der Waals surface area contributed by atoms with Crippen LogP contribution in [0, 0.1) is 5.82 Å². The highest BCUT2D eigenvalue weighted by atomic mass is 19.1. The fourth-order valence-corrected chi connectivity index (χ4v) is 2.35. The normalized spacial score (nSPS) is 11.1. The van der Waals surface area contributed by atoms with E-state index in [1.54, 1.807) is 6.92 Å². The number of halogens is 1. The zero-order valence-electron chi connectivity index (χ0n) is 14.5. The highest BCUT2D eigenvalue weighted by Gasteiger charge is 2.13. The van der Waals surface area contributed by atoms with Gasteiger partial charge in [0, 0.05) is 23.8 Å². The van der Waals surface area contributed by atoms with Crippen LogP contribution in [0.1, 0.15) is 12.5 Å². The van der Waals surface area contributed by atoms with Gasteiger partial charge in [-0.2, -0.15) is 5.10 Å². The van der Waals surface area contributed by atoms with Crippen LogP contribution >= 0.6 is 0 Å². The van der Waals surface area contributed by atoms with Crippen molar-refractivity contribution in [3.05, 3.63) is 84.4 Å². The predicted octanol–water partition coefficient (Wildman–Crippen LogP) is 3.10. The van der Waals surface area contributed by atoms with Crippen LogP contribution in [-0.2, 0) is 9.59 Å². The summed E-state index contributed by atoms with van der Waals surface area (Å²) in [4.78, 5) is 23.7. The van der Waals surface area contributed by atoms with E-state index in [1.165, 1.54) is 24.3 Å². The van der Waals surface area contributed by atoms with Crippen molar-refractivity contribution >= 4 is 23.2 Å². The Kier molecular flexibility index (Phi) is 5.41. The second kappa shape index (κ2) is 8.09. The van der Waals surface area contributed by atoms with E-state index in [1.807, 2.05) is 53.4 Å². The molecule has 0 spiro atoms. The first-order valence-corrected chi connectivity index (χ1v) is 8.18. The lowest BCUT2D eigenvalue weighted by atomic mass is 10.1. The van der Waals surface area contributed by atoms with Crippen molar-refractivity contribution in [3.63, 3.8) is 0 Å². The molecule has 2 aromatic carbocycles. The lowest BCUT2D eigenvalue weighted by Crippen LogP contribution is -2.32. The SMILES string of the molecule is CC(=NNC(=O)C(=O)Nc1ccc(F)cc1)c1ccc(-n2cccc2)cc1. The van der Waals surface area contributed by atoms with E-state index in [0.717, 1.165) is 11.3 Å². The molecule has 3 aromatic rings. The fraction of sp³-hybridized carbons (Fsp3) is 0.0500. The Balaban J connectivity index is 1.59. The van der Waals surface area contributed by atoms with E-state index >= 15 is 0 Å². The summed E-state index contributed by atoms with van der Waals surface area (Å²) < 4.78 is 14.8. The number of aromatic nitrogens is 1. The van der Waals surface area contributed by atoms with Crippen LogP contribution in [0.5, 0.6) is 0 Å². The third-order valence-corrected chi connectivity index (χ3v) is 3.82. The number of carbonyl (C=O) groups excluding carboxylic acids is 2. The number of carbonyl (C=O) groups is 2. The van der Waals surface area contributed by atoms with Gasteiger partial charge < -0.3 is 9.88 Å². The molecule has 27 heavy (non-hydrogen) atoms. The Hall–Kier alpha value is -3.74. The van der Waals surface area contributed by atoms with Crippen LogP contribution < -0.4 is 10.7 Å². The van der Waals surface area contributed by atoms with Crippen LogP contribution in [0.3, 0.4) is 0 Å². The first-order chi connectivity index (χ1) is 13.0. The van der Waals surface area contributed by atoms with Gasteiger partial charge in [-0.3, -0.25) is 9.59 Å². The molecule has 1 heterocycles. The number of nitrogens with zero attached hydrogens (tertiary/aromatic N) is 2. The maximum Gasteiger partial charge on any atom is 0.329 e. The van der Waals surface area contributed by atoms with Gasteiger partial charge in [-0.15, -0.1) is 0 Å². The molecule has 0 saturated heterocycles. The number of hydrogen-bond acceptors (Lipinski definition) is 3. The maximum atomic E-state index is 12.8. The molecule has 0 aliphatic heterocycles. The average molecular weight is 364 g/mol. The molecule has 0 saturated carbocycles. The number of rotatable bonds is 4. The number of hydrazone groups is 1. The minimum Gasteiger partial charge on any atom is -0.324 e. The van der Waals surface area contributed by atoms with E-state index in [4.69, 9.17) is 0 Å². The monoisotopic (exact) mass is 364 g/mol. The summed E-state index contributed by atoms with van der Waals surface area (Å²) in [5.41, 5.74) is 4.89. The lowest BCUT2D eigenvalue weighted by Gasteiger charge is -2.06. The van der Waals surface area contributed by atoms with Crippen LogP contribution in [-0.4, -0.2) is 22.1 Å². The van der Waals surface area contributed by atoms with Crippen molar-refractivity contribution in [1.82, 2.24) is 9.99 Å². The minimum atomic E-state index is -0.914.